The lowest BCUT2D eigenvalue weighted by atomic mass is 10.2. The van der Waals surface area contributed by atoms with E-state index in [0.717, 1.165) is 6.42 Å². The van der Waals surface area contributed by atoms with Crippen LogP contribution in [0.2, 0.25) is 0 Å². The van der Waals surface area contributed by atoms with E-state index in [1.807, 2.05) is 0 Å². The molecule has 0 aromatic rings. The fourth-order valence-electron chi connectivity index (χ4n) is 1.32. The second-order valence-corrected chi connectivity index (χ2v) is 2.74. The summed E-state index contributed by atoms with van der Waals surface area (Å²) in [5, 5.41) is 0. The molecule has 0 amide bonds. The maximum atomic E-state index is 12.1. The summed E-state index contributed by atoms with van der Waals surface area (Å²) in [7, 11) is 0. The van der Waals surface area contributed by atoms with Gasteiger partial charge in [-0.2, -0.15) is 0 Å². The van der Waals surface area contributed by atoms with Crippen LogP contribution in [0.5, 0.6) is 0 Å². The van der Waals surface area contributed by atoms with E-state index in [1.54, 1.807) is 0 Å². The van der Waals surface area contributed by atoms with Crippen molar-refractivity contribution in [1.29, 1.82) is 0 Å². The minimum Gasteiger partial charge on any atom is -0.462 e. The Bertz CT molecular complexity index is 183. The molecule has 3 nitrogen and oxygen atoms in total. The molecule has 1 saturated carbocycles. The van der Waals surface area contributed by atoms with E-state index in [4.69, 9.17) is 10.5 Å². The van der Waals surface area contributed by atoms with Crippen LogP contribution in [0, 0.1) is 5.92 Å². The highest BCUT2D eigenvalue weighted by atomic mass is 19.1. The van der Waals surface area contributed by atoms with Crippen LogP contribution in [0.4, 0.5) is 4.39 Å². The summed E-state index contributed by atoms with van der Waals surface area (Å²) in [6.07, 6.45) is 1.08. The maximum Gasteiger partial charge on any atom is 0.282 e. The van der Waals surface area contributed by atoms with Gasteiger partial charge in [-0.3, -0.25) is 0 Å². The quantitative estimate of drug-likeness (QED) is 0.565. The van der Waals surface area contributed by atoms with Crippen molar-refractivity contribution in [2.45, 2.75) is 18.6 Å². The lowest BCUT2D eigenvalue weighted by molar-refractivity contribution is 0.224. The minimum atomic E-state index is -0.411. The van der Waals surface area contributed by atoms with Gasteiger partial charge in [-0.1, -0.05) is 0 Å². The van der Waals surface area contributed by atoms with Gasteiger partial charge >= 0.3 is 0 Å². The van der Waals surface area contributed by atoms with Crippen molar-refractivity contribution in [3.8, 4) is 0 Å². The highest BCUT2D eigenvalue weighted by molar-refractivity contribution is 5.73. The lowest BCUT2D eigenvalue weighted by Gasteiger charge is -2.14. The smallest absolute Gasteiger partial charge is 0.282 e. The Labute approximate surface area is 58.1 Å². The van der Waals surface area contributed by atoms with E-state index >= 15 is 0 Å². The number of rotatable bonds is 1. The number of hydrogen-bond donors (Lipinski definition) is 1. The highest BCUT2D eigenvalue weighted by Crippen LogP contribution is 2.40. The van der Waals surface area contributed by atoms with Crippen LogP contribution in [0.3, 0.4) is 0 Å². The zero-order valence-corrected chi connectivity index (χ0v) is 5.46. The molecular weight excluding hydrogens is 135 g/mol. The fourth-order valence-corrected chi connectivity index (χ4v) is 1.32. The number of alkyl halides is 1. The molecule has 1 aliphatic heterocycles. The van der Waals surface area contributed by atoms with Crippen molar-refractivity contribution in [2.24, 2.45) is 16.6 Å². The normalized spacial score (nSPS) is 43.3. The number of amidine groups is 1. The molecule has 1 fully saturated rings. The topological polar surface area (TPSA) is 47.6 Å². The van der Waals surface area contributed by atoms with E-state index in [1.165, 1.54) is 0 Å². The molecule has 0 spiro atoms. The van der Waals surface area contributed by atoms with E-state index in [2.05, 4.69) is 4.99 Å². The molecule has 2 aliphatic rings. The van der Waals surface area contributed by atoms with E-state index < -0.39 is 6.67 Å². The van der Waals surface area contributed by atoms with Gasteiger partial charge in [0.05, 0.1) is 6.04 Å². The summed E-state index contributed by atoms with van der Waals surface area (Å²) in [5.41, 5.74) is 5.28. The summed E-state index contributed by atoms with van der Waals surface area (Å²) in [6.45, 7) is -0.411. The Morgan fingerprint density at radius 1 is 1.80 bits per heavy atom. The molecule has 1 heterocycles. The van der Waals surface area contributed by atoms with Gasteiger partial charge in [0.1, 0.15) is 12.8 Å². The van der Waals surface area contributed by atoms with Crippen LogP contribution < -0.4 is 5.73 Å². The Morgan fingerprint density at radius 2 is 2.60 bits per heavy atom. The summed E-state index contributed by atoms with van der Waals surface area (Å²) in [5.74, 6) is 0.303. The van der Waals surface area contributed by atoms with Gasteiger partial charge in [0.25, 0.3) is 6.02 Å². The van der Waals surface area contributed by atoms with Gasteiger partial charge in [0, 0.05) is 5.92 Å². The van der Waals surface area contributed by atoms with E-state index in [0.29, 0.717) is 5.92 Å². The van der Waals surface area contributed by atoms with Gasteiger partial charge < -0.3 is 10.5 Å². The molecule has 3 atom stereocenters. The predicted octanol–water partition coefficient (Wildman–Crippen LogP) is 0.0579. The maximum absolute atomic E-state index is 12.1. The first-order valence-electron chi connectivity index (χ1n) is 3.37. The van der Waals surface area contributed by atoms with Crippen molar-refractivity contribution in [3.63, 3.8) is 0 Å². The molecule has 4 heteroatoms. The molecule has 10 heavy (non-hydrogen) atoms. The van der Waals surface area contributed by atoms with Crippen molar-refractivity contribution < 1.29 is 9.13 Å². The number of aliphatic imine (C=N–C) groups is 1. The summed E-state index contributed by atoms with van der Waals surface area (Å²) in [6, 6.07) is -0.0693. The largest absolute Gasteiger partial charge is 0.462 e. The van der Waals surface area contributed by atoms with Crippen LogP contribution in [0.15, 0.2) is 4.99 Å². The molecule has 0 aromatic carbocycles. The molecular formula is C6H9FN2O. The second kappa shape index (κ2) is 1.84. The SMILES string of the molecule is NC1=N[C@@H](CF)[C@@H]2C[C@@H]2O1. The van der Waals surface area contributed by atoms with Crippen LogP contribution in [0.25, 0.3) is 0 Å². The lowest BCUT2D eigenvalue weighted by Crippen LogP contribution is -2.29. The fraction of sp³-hybridized carbons (Fsp3) is 0.833. The van der Waals surface area contributed by atoms with Crippen molar-refractivity contribution in [3.05, 3.63) is 0 Å². The standard InChI is InChI=1S/C6H9FN2O/c7-2-4-3-1-5(3)10-6(8)9-4/h3-5H,1-2H2,(H2,8,9)/t3-,4-,5-/m0/s1. The number of hydrogen-bond acceptors (Lipinski definition) is 3. The first-order chi connectivity index (χ1) is 4.81. The summed E-state index contributed by atoms with van der Waals surface area (Å²) in [4.78, 5) is 3.82. The molecule has 56 valence electrons. The first kappa shape index (κ1) is 5.95. The number of ether oxygens (including phenoxy) is 1. The zero-order valence-electron chi connectivity index (χ0n) is 5.46. The average Bonchev–Trinajstić information content (AvgIpc) is 2.64. The molecule has 0 saturated heterocycles. The Hall–Kier alpha value is -0.800. The second-order valence-electron chi connectivity index (χ2n) is 2.74. The number of halogens is 1. The van der Waals surface area contributed by atoms with Crippen molar-refractivity contribution in [1.82, 2.24) is 0 Å². The molecule has 0 bridgehead atoms. The molecule has 1 aliphatic carbocycles. The average molecular weight is 144 g/mol. The number of nitrogens with two attached hydrogens (primary N) is 1. The Morgan fingerprint density at radius 3 is 3.30 bits per heavy atom. The van der Waals surface area contributed by atoms with Crippen LogP contribution >= 0.6 is 0 Å². The molecule has 2 rings (SSSR count). The van der Waals surface area contributed by atoms with E-state index in [9.17, 15) is 4.39 Å². The molecule has 2 N–H and O–H groups in total. The van der Waals surface area contributed by atoms with Crippen LogP contribution in [-0.2, 0) is 4.74 Å². The van der Waals surface area contributed by atoms with Gasteiger partial charge in [-0.05, 0) is 6.42 Å². The van der Waals surface area contributed by atoms with E-state index in [-0.39, 0.29) is 18.2 Å². The first-order valence-corrected chi connectivity index (χ1v) is 3.37. The molecule has 0 radical (unpaired) electrons. The van der Waals surface area contributed by atoms with Gasteiger partial charge in [-0.15, -0.1) is 0 Å². The molecule has 0 aromatic heterocycles. The van der Waals surface area contributed by atoms with Gasteiger partial charge in [-0.25, -0.2) is 9.38 Å². The Kier molecular flexibility index (Phi) is 1.09. The third kappa shape index (κ3) is 0.751. The highest BCUT2D eigenvalue weighted by Gasteiger charge is 2.48. The number of nitrogens with zero attached hydrogens (tertiary/aromatic N) is 1. The summed E-state index contributed by atoms with van der Waals surface area (Å²) >= 11 is 0. The predicted molar refractivity (Wildman–Crippen MR) is 34.4 cm³/mol. The number of fused-ring (bicyclic) bond motifs is 1. The minimum absolute atomic E-state index is 0.154. The van der Waals surface area contributed by atoms with Crippen LogP contribution in [0.1, 0.15) is 6.42 Å². The summed E-state index contributed by atoms with van der Waals surface area (Å²) < 4.78 is 17.2. The third-order valence-electron chi connectivity index (χ3n) is 2.00. The Balaban J connectivity index is 2.11. The monoisotopic (exact) mass is 144 g/mol. The third-order valence-corrected chi connectivity index (χ3v) is 2.00. The molecule has 0 unspecified atom stereocenters. The van der Waals surface area contributed by atoms with Crippen molar-refractivity contribution >= 4 is 6.02 Å². The van der Waals surface area contributed by atoms with Crippen LogP contribution in [-0.4, -0.2) is 24.8 Å². The van der Waals surface area contributed by atoms with Crippen molar-refractivity contribution in [2.75, 3.05) is 6.67 Å². The van der Waals surface area contributed by atoms with Gasteiger partial charge in [0.2, 0.25) is 0 Å². The van der Waals surface area contributed by atoms with Gasteiger partial charge in [0.15, 0.2) is 0 Å². The zero-order chi connectivity index (χ0) is 7.14.